The number of aromatic nitrogens is 2. The van der Waals surface area contributed by atoms with E-state index in [2.05, 4.69) is 5.10 Å². The molecule has 6 rings (SSSR count). The summed E-state index contributed by atoms with van der Waals surface area (Å²) in [6.07, 6.45) is 1.59. The van der Waals surface area contributed by atoms with Crippen molar-refractivity contribution in [3.8, 4) is 16.9 Å². The van der Waals surface area contributed by atoms with Crippen LogP contribution < -0.4 is 5.63 Å². The summed E-state index contributed by atoms with van der Waals surface area (Å²) in [5.74, 6) is -1.01. The quantitative estimate of drug-likeness (QED) is 0.161. The second-order valence-electron chi connectivity index (χ2n) is 8.51. The van der Waals surface area contributed by atoms with E-state index < -0.39 is 17.4 Å². The van der Waals surface area contributed by atoms with Crippen LogP contribution in [0.3, 0.4) is 0 Å². The van der Waals surface area contributed by atoms with Crippen LogP contribution in [0.4, 0.5) is 4.39 Å². The molecule has 6 nitrogen and oxygen atoms in total. The average molecular weight is 490 g/mol. The number of esters is 1. The van der Waals surface area contributed by atoms with Crippen LogP contribution in [0, 0.1) is 5.82 Å². The molecule has 0 saturated heterocycles. The number of nitrogens with zero attached hydrogens (tertiary/aromatic N) is 2. The van der Waals surface area contributed by atoms with Gasteiger partial charge >= 0.3 is 11.6 Å². The van der Waals surface area contributed by atoms with Crippen molar-refractivity contribution < 1.29 is 18.3 Å². The van der Waals surface area contributed by atoms with E-state index in [1.807, 2.05) is 60.7 Å². The minimum Gasteiger partial charge on any atom is -0.457 e. The summed E-state index contributed by atoms with van der Waals surface area (Å²) in [5.41, 5.74) is 2.32. The fourth-order valence-electron chi connectivity index (χ4n) is 4.41. The number of rotatable bonds is 5. The van der Waals surface area contributed by atoms with E-state index in [4.69, 9.17) is 9.15 Å². The Labute approximate surface area is 210 Å². The first-order chi connectivity index (χ1) is 18.1. The summed E-state index contributed by atoms with van der Waals surface area (Å²) in [6, 6.07) is 27.7. The highest BCUT2D eigenvalue weighted by Gasteiger charge is 2.21. The Kier molecular flexibility index (Phi) is 5.58. The number of hydrogen-bond acceptors (Lipinski definition) is 5. The molecule has 2 aromatic heterocycles. The van der Waals surface area contributed by atoms with Gasteiger partial charge in [-0.25, -0.2) is 18.7 Å². The van der Waals surface area contributed by atoms with Crippen LogP contribution in [0.15, 0.2) is 112 Å². The molecule has 0 bridgehead atoms. The molecule has 0 aliphatic rings. The van der Waals surface area contributed by atoms with Gasteiger partial charge in [-0.3, -0.25) is 0 Å². The topological polar surface area (TPSA) is 74.3 Å². The van der Waals surface area contributed by atoms with Crippen molar-refractivity contribution in [2.75, 3.05) is 0 Å². The Balaban J connectivity index is 1.39. The normalized spacial score (nSPS) is 11.2. The summed E-state index contributed by atoms with van der Waals surface area (Å²) in [5, 5.41) is 7.16. The van der Waals surface area contributed by atoms with Crippen molar-refractivity contribution in [3.63, 3.8) is 0 Å². The largest absolute Gasteiger partial charge is 0.457 e. The molecule has 0 aliphatic heterocycles. The molecule has 0 spiro atoms. The maximum atomic E-state index is 13.6. The van der Waals surface area contributed by atoms with Gasteiger partial charge in [-0.15, -0.1) is 0 Å². The molecule has 0 radical (unpaired) electrons. The van der Waals surface area contributed by atoms with E-state index in [1.54, 1.807) is 29.1 Å². The smallest absolute Gasteiger partial charge is 0.342 e. The van der Waals surface area contributed by atoms with E-state index in [9.17, 15) is 14.0 Å². The standard InChI is InChI=1S/C30H19FN2O4/c31-22-13-10-20(11-14-22)29-25(17-33(32-29)23-7-2-1-3-8-23)30(35)36-18-21-16-27(34)37-26-15-12-19-6-4-5-9-24(19)28(21)26/h1-17H,18H2. The van der Waals surface area contributed by atoms with Gasteiger partial charge in [0.2, 0.25) is 0 Å². The van der Waals surface area contributed by atoms with E-state index in [1.165, 1.54) is 18.2 Å². The van der Waals surface area contributed by atoms with Crippen LogP contribution in [0.2, 0.25) is 0 Å². The third kappa shape index (κ3) is 4.27. The molecule has 0 N–H and O–H groups in total. The number of halogens is 1. The Hall–Kier alpha value is -5.04. The lowest BCUT2D eigenvalue weighted by atomic mass is 10.0. The first-order valence-electron chi connectivity index (χ1n) is 11.6. The molecule has 0 amide bonds. The third-order valence-electron chi connectivity index (χ3n) is 6.15. The Morgan fingerprint density at radius 1 is 0.919 bits per heavy atom. The molecule has 180 valence electrons. The third-order valence-corrected chi connectivity index (χ3v) is 6.15. The van der Waals surface area contributed by atoms with Crippen LogP contribution in [0.5, 0.6) is 0 Å². The van der Waals surface area contributed by atoms with E-state index >= 15 is 0 Å². The van der Waals surface area contributed by atoms with Crippen LogP contribution in [-0.2, 0) is 11.3 Å². The van der Waals surface area contributed by atoms with Gasteiger partial charge in [0.25, 0.3) is 0 Å². The van der Waals surface area contributed by atoms with E-state index in [-0.39, 0.29) is 12.2 Å². The monoisotopic (exact) mass is 490 g/mol. The molecule has 0 aliphatic carbocycles. The Morgan fingerprint density at radius 2 is 1.68 bits per heavy atom. The molecule has 0 unspecified atom stereocenters. The Bertz CT molecular complexity index is 1820. The van der Waals surface area contributed by atoms with Gasteiger partial charge in [0.05, 0.1) is 5.69 Å². The van der Waals surface area contributed by atoms with Gasteiger partial charge in [-0.1, -0.05) is 48.5 Å². The number of carbonyl (C=O) groups excluding carboxylic acids is 1. The summed E-state index contributed by atoms with van der Waals surface area (Å²) in [7, 11) is 0. The minimum absolute atomic E-state index is 0.145. The van der Waals surface area contributed by atoms with Gasteiger partial charge in [-0.05, 0) is 53.2 Å². The van der Waals surface area contributed by atoms with Crippen molar-refractivity contribution in [1.29, 1.82) is 0 Å². The molecule has 0 saturated carbocycles. The molecule has 7 heteroatoms. The number of ether oxygens (including phenoxy) is 1. The van der Waals surface area contributed by atoms with Crippen molar-refractivity contribution in [2.45, 2.75) is 6.61 Å². The predicted molar refractivity (Wildman–Crippen MR) is 138 cm³/mol. The lowest BCUT2D eigenvalue weighted by Crippen LogP contribution is -2.08. The van der Waals surface area contributed by atoms with Gasteiger partial charge in [-0.2, -0.15) is 5.10 Å². The molecular formula is C30H19FN2O4. The zero-order valence-electron chi connectivity index (χ0n) is 19.4. The van der Waals surface area contributed by atoms with E-state index in [0.29, 0.717) is 27.8 Å². The van der Waals surface area contributed by atoms with Crippen molar-refractivity contribution in [3.05, 3.63) is 131 Å². The van der Waals surface area contributed by atoms with Gasteiger partial charge in [0.15, 0.2) is 0 Å². The zero-order valence-corrected chi connectivity index (χ0v) is 19.4. The Morgan fingerprint density at radius 3 is 2.49 bits per heavy atom. The zero-order chi connectivity index (χ0) is 25.4. The molecular weight excluding hydrogens is 471 g/mol. The molecule has 0 atom stereocenters. The number of benzene rings is 4. The first-order valence-corrected chi connectivity index (χ1v) is 11.6. The fraction of sp³-hybridized carbons (Fsp3) is 0.0333. The van der Waals surface area contributed by atoms with Crippen LogP contribution in [0.25, 0.3) is 38.7 Å². The van der Waals surface area contributed by atoms with Crippen LogP contribution >= 0.6 is 0 Å². The number of hydrogen-bond donors (Lipinski definition) is 0. The first kappa shape index (κ1) is 22.4. The molecule has 4 aromatic carbocycles. The van der Waals surface area contributed by atoms with Crippen molar-refractivity contribution in [2.24, 2.45) is 0 Å². The number of para-hydroxylation sites is 1. The van der Waals surface area contributed by atoms with Crippen molar-refractivity contribution >= 4 is 27.7 Å². The minimum atomic E-state index is -0.622. The SMILES string of the molecule is O=C(OCc1cc(=O)oc2ccc3ccccc3c12)c1cn(-c2ccccc2)nc1-c1ccc(F)cc1. The second-order valence-corrected chi connectivity index (χ2v) is 8.51. The second kappa shape index (κ2) is 9.20. The number of fused-ring (bicyclic) bond motifs is 3. The van der Waals surface area contributed by atoms with Gasteiger partial charge < -0.3 is 9.15 Å². The van der Waals surface area contributed by atoms with Crippen LogP contribution in [-0.4, -0.2) is 15.7 Å². The lowest BCUT2D eigenvalue weighted by Gasteiger charge is -2.10. The predicted octanol–water partition coefficient (Wildman–Crippen LogP) is 6.30. The summed E-state index contributed by atoms with van der Waals surface area (Å²) < 4.78 is 26.3. The maximum absolute atomic E-state index is 13.6. The maximum Gasteiger partial charge on any atom is 0.342 e. The fourth-order valence-corrected chi connectivity index (χ4v) is 4.41. The molecule has 2 heterocycles. The number of carbonyl (C=O) groups is 1. The lowest BCUT2D eigenvalue weighted by molar-refractivity contribution is 0.0475. The highest BCUT2D eigenvalue weighted by Crippen LogP contribution is 2.29. The summed E-state index contributed by atoms with van der Waals surface area (Å²) in [4.78, 5) is 25.6. The van der Waals surface area contributed by atoms with Gasteiger partial charge in [0.1, 0.15) is 29.3 Å². The highest BCUT2D eigenvalue weighted by atomic mass is 19.1. The van der Waals surface area contributed by atoms with Crippen molar-refractivity contribution in [1.82, 2.24) is 9.78 Å². The molecule has 6 aromatic rings. The molecule has 0 fully saturated rings. The summed E-state index contributed by atoms with van der Waals surface area (Å²) >= 11 is 0. The van der Waals surface area contributed by atoms with Crippen LogP contribution in [0.1, 0.15) is 15.9 Å². The van der Waals surface area contributed by atoms with E-state index in [0.717, 1.165) is 16.5 Å². The summed E-state index contributed by atoms with van der Waals surface area (Å²) in [6.45, 7) is -0.145. The highest BCUT2D eigenvalue weighted by molar-refractivity contribution is 6.07. The molecule has 37 heavy (non-hydrogen) atoms. The average Bonchev–Trinajstić information content (AvgIpc) is 3.38. The van der Waals surface area contributed by atoms with Gasteiger partial charge in [0, 0.05) is 28.8 Å².